The fraction of sp³-hybridized carbons (Fsp3) is 0.111. The molecule has 1 aromatic carbocycles. The molecule has 0 bridgehead atoms. The average molecular weight is 189 g/mol. The van der Waals surface area contributed by atoms with Gasteiger partial charge in [-0.1, -0.05) is 17.7 Å². The van der Waals surface area contributed by atoms with Gasteiger partial charge in [0.1, 0.15) is 11.6 Å². The molecule has 0 aliphatic rings. The third-order valence-electron chi connectivity index (χ3n) is 1.49. The van der Waals surface area contributed by atoms with E-state index in [0.29, 0.717) is 0 Å². The van der Waals surface area contributed by atoms with Crippen molar-refractivity contribution in [2.45, 2.75) is 6.42 Å². The first-order chi connectivity index (χ1) is 5.66. The molecule has 64 valence electrons. The van der Waals surface area contributed by atoms with Gasteiger partial charge in [0.25, 0.3) is 0 Å². The van der Waals surface area contributed by atoms with Crippen LogP contribution in [0.3, 0.4) is 0 Å². The molecule has 0 unspecified atom stereocenters. The molecule has 1 rings (SSSR count). The van der Waals surface area contributed by atoms with Gasteiger partial charge in [0.05, 0.1) is 5.02 Å². The zero-order chi connectivity index (χ0) is 9.14. The number of benzene rings is 1. The Bertz CT molecular complexity index is 308. The summed E-state index contributed by atoms with van der Waals surface area (Å²) in [5.41, 5.74) is -0.0301. The van der Waals surface area contributed by atoms with Crippen LogP contribution in [-0.4, -0.2) is 0 Å². The zero-order valence-electron chi connectivity index (χ0n) is 6.28. The monoisotopic (exact) mass is 188 g/mol. The molecule has 0 aliphatic carbocycles. The number of allylic oxidation sites excluding steroid dienone is 1. The summed E-state index contributed by atoms with van der Waals surface area (Å²) in [5, 5.41) is -0.0618. The van der Waals surface area contributed by atoms with Crippen molar-refractivity contribution in [3.05, 3.63) is 47.0 Å². The van der Waals surface area contributed by atoms with E-state index in [-0.39, 0.29) is 17.0 Å². The average Bonchev–Trinajstić information content (AvgIpc) is 2.06. The summed E-state index contributed by atoms with van der Waals surface area (Å²) in [6.45, 7) is 3.39. The predicted molar refractivity (Wildman–Crippen MR) is 45.3 cm³/mol. The molecular weight excluding hydrogens is 182 g/mol. The van der Waals surface area contributed by atoms with Crippen molar-refractivity contribution in [1.29, 1.82) is 0 Å². The smallest absolute Gasteiger partial charge is 0.148 e. The second-order valence-corrected chi connectivity index (χ2v) is 2.72. The molecule has 0 radical (unpaired) electrons. The number of hydrogen-bond acceptors (Lipinski definition) is 0. The maximum Gasteiger partial charge on any atom is 0.148 e. The highest BCUT2D eigenvalue weighted by molar-refractivity contribution is 6.30. The zero-order valence-corrected chi connectivity index (χ0v) is 7.04. The molecule has 1 aromatic rings. The highest BCUT2D eigenvalue weighted by Crippen LogP contribution is 2.21. The molecule has 12 heavy (non-hydrogen) atoms. The topological polar surface area (TPSA) is 0 Å². The standard InChI is InChI=1S/C9H7ClF2/c1-2-3-6-8(11)5-4-7(10)9(6)12/h2,4-5H,1,3H2. The Balaban J connectivity index is 3.22. The van der Waals surface area contributed by atoms with Crippen LogP contribution in [0.1, 0.15) is 5.56 Å². The van der Waals surface area contributed by atoms with Crippen LogP contribution in [0.25, 0.3) is 0 Å². The second kappa shape index (κ2) is 3.68. The van der Waals surface area contributed by atoms with Crippen LogP contribution in [0.15, 0.2) is 24.8 Å². The first-order valence-electron chi connectivity index (χ1n) is 3.40. The van der Waals surface area contributed by atoms with E-state index >= 15 is 0 Å². The molecule has 0 aromatic heterocycles. The van der Waals surface area contributed by atoms with Crippen molar-refractivity contribution in [1.82, 2.24) is 0 Å². The number of rotatable bonds is 2. The van der Waals surface area contributed by atoms with Crippen molar-refractivity contribution in [3.8, 4) is 0 Å². The van der Waals surface area contributed by atoms with Gasteiger partial charge in [-0.3, -0.25) is 0 Å². The van der Waals surface area contributed by atoms with Gasteiger partial charge in [0, 0.05) is 5.56 Å². The summed E-state index contributed by atoms with van der Waals surface area (Å²) in [7, 11) is 0. The molecule has 0 nitrogen and oxygen atoms in total. The Hall–Kier alpha value is -0.890. The van der Waals surface area contributed by atoms with Crippen molar-refractivity contribution >= 4 is 11.6 Å². The third-order valence-corrected chi connectivity index (χ3v) is 1.78. The summed E-state index contributed by atoms with van der Waals surface area (Å²) in [6, 6.07) is 2.34. The highest BCUT2D eigenvalue weighted by Gasteiger charge is 2.10. The van der Waals surface area contributed by atoms with Crippen molar-refractivity contribution in [2.24, 2.45) is 0 Å². The number of hydrogen-bond donors (Lipinski definition) is 0. The van der Waals surface area contributed by atoms with Crippen molar-refractivity contribution in [3.63, 3.8) is 0 Å². The van der Waals surface area contributed by atoms with Crippen LogP contribution >= 0.6 is 11.6 Å². The number of halogens is 3. The first-order valence-corrected chi connectivity index (χ1v) is 3.78. The quantitative estimate of drug-likeness (QED) is 0.493. The molecule has 0 heterocycles. The Morgan fingerprint density at radius 3 is 2.67 bits per heavy atom. The van der Waals surface area contributed by atoms with E-state index in [1.54, 1.807) is 0 Å². The van der Waals surface area contributed by atoms with Crippen molar-refractivity contribution in [2.75, 3.05) is 0 Å². The van der Waals surface area contributed by atoms with Gasteiger partial charge >= 0.3 is 0 Å². The van der Waals surface area contributed by atoms with Crippen LogP contribution in [0.5, 0.6) is 0 Å². The molecule has 3 heteroatoms. The lowest BCUT2D eigenvalue weighted by Crippen LogP contribution is -1.94. The van der Waals surface area contributed by atoms with Crippen LogP contribution in [-0.2, 0) is 6.42 Å². The van der Waals surface area contributed by atoms with E-state index in [1.807, 2.05) is 0 Å². The van der Waals surface area contributed by atoms with E-state index < -0.39 is 11.6 Å². The van der Waals surface area contributed by atoms with Gasteiger partial charge in [0.15, 0.2) is 0 Å². The molecule has 0 fully saturated rings. The van der Waals surface area contributed by atoms with E-state index in [4.69, 9.17) is 11.6 Å². The van der Waals surface area contributed by atoms with Crippen LogP contribution in [0.4, 0.5) is 8.78 Å². The Kier molecular flexibility index (Phi) is 2.82. The van der Waals surface area contributed by atoms with Gasteiger partial charge in [-0.25, -0.2) is 8.78 Å². The maximum absolute atomic E-state index is 13.0. The maximum atomic E-state index is 13.0. The van der Waals surface area contributed by atoms with Gasteiger partial charge in [-0.05, 0) is 18.6 Å². The molecule has 0 atom stereocenters. The summed E-state index contributed by atoms with van der Waals surface area (Å²) >= 11 is 5.45. The molecule has 0 N–H and O–H groups in total. The second-order valence-electron chi connectivity index (χ2n) is 2.31. The summed E-state index contributed by atoms with van der Waals surface area (Å²) in [4.78, 5) is 0. The fourth-order valence-electron chi connectivity index (χ4n) is 0.901. The van der Waals surface area contributed by atoms with E-state index in [9.17, 15) is 8.78 Å². The Labute approximate surface area is 74.5 Å². The minimum atomic E-state index is -0.698. The first kappa shape index (κ1) is 9.20. The van der Waals surface area contributed by atoms with E-state index in [1.165, 1.54) is 12.1 Å². The van der Waals surface area contributed by atoms with Crippen LogP contribution in [0, 0.1) is 11.6 Å². The highest BCUT2D eigenvalue weighted by atomic mass is 35.5. The molecule has 0 saturated heterocycles. The molecule has 0 amide bonds. The van der Waals surface area contributed by atoms with Crippen molar-refractivity contribution < 1.29 is 8.78 Å². The van der Waals surface area contributed by atoms with Gasteiger partial charge in [-0.15, -0.1) is 6.58 Å². The van der Waals surface area contributed by atoms with Crippen LogP contribution < -0.4 is 0 Å². The fourth-order valence-corrected chi connectivity index (χ4v) is 1.08. The molecule has 0 aliphatic heterocycles. The molecule has 0 spiro atoms. The lowest BCUT2D eigenvalue weighted by atomic mass is 10.1. The summed E-state index contributed by atoms with van der Waals surface area (Å²) in [6.07, 6.45) is 1.58. The Morgan fingerprint density at radius 1 is 1.42 bits per heavy atom. The largest absolute Gasteiger partial charge is 0.207 e. The lowest BCUT2D eigenvalue weighted by molar-refractivity contribution is 0.563. The predicted octanol–water partition coefficient (Wildman–Crippen LogP) is 3.35. The summed E-state index contributed by atoms with van der Waals surface area (Å²) in [5.74, 6) is -1.28. The minimum absolute atomic E-state index is 0.0301. The molecule has 0 saturated carbocycles. The minimum Gasteiger partial charge on any atom is -0.207 e. The van der Waals surface area contributed by atoms with E-state index in [2.05, 4.69) is 6.58 Å². The third kappa shape index (κ3) is 1.64. The summed E-state index contributed by atoms with van der Waals surface area (Å²) < 4.78 is 25.9. The lowest BCUT2D eigenvalue weighted by Gasteiger charge is -2.02. The molecular formula is C9H7ClF2. The van der Waals surface area contributed by atoms with Gasteiger partial charge in [-0.2, -0.15) is 0 Å². The van der Waals surface area contributed by atoms with Crippen LogP contribution in [0.2, 0.25) is 5.02 Å². The van der Waals surface area contributed by atoms with Gasteiger partial charge < -0.3 is 0 Å². The van der Waals surface area contributed by atoms with E-state index in [0.717, 1.165) is 6.07 Å². The SMILES string of the molecule is C=CCc1c(F)ccc(Cl)c1F. The van der Waals surface area contributed by atoms with Gasteiger partial charge in [0.2, 0.25) is 0 Å². The normalized spacial score (nSPS) is 9.92. The Morgan fingerprint density at radius 2 is 2.08 bits per heavy atom.